The highest BCUT2D eigenvalue weighted by atomic mass is 16.2. The smallest absolute Gasteiger partial charge is 0.226 e. The molecule has 30 heavy (non-hydrogen) atoms. The van der Waals surface area contributed by atoms with E-state index in [0.29, 0.717) is 12.1 Å². The summed E-state index contributed by atoms with van der Waals surface area (Å²) in [6, 6.07) is 17.7. The normalized spacial score (nSPS) is 16.7. The van der Waals surface area contributed by atoms with Crippen LogP contribution in [0.1, 0.15) is 56.5 Å². The lowest BCUT2D eigenvalue weighted by molar-refractivity contribution is -0.132. The number of carbonyl (C=O) groups is 1. The van der Waals surface area contributed by atoms with Gasteiger partial charge in [-0.15, -0.1) is 0 Å². The van der Waals surface area contributed by atoms with Gasteiger partial charge in [0.25, 0.3) is 0 Å². The third-order valence-electron chi connectivity index (χ3n) is 6.22. The van der Waals surface area contributed by atoms with Crippen LogP contribution in [0.15, 0.2) is 60.8 Å². The Labute approximate surface area is 178 Å². The second-order valence-electron chi connectivity index (χ2n) is 8.64. The molecule has 1 aliphatic rings. The van der Waals surface area contributed by atoms with Gasteiger partial charge in [0.15, 0.2) is 0 Å². The van der Waals surface area contributed by atoms with E-state index >= 15 is 0 Å². The summed E-state index contributed by atoms with van der Waals surface area (Å²) in [5.74, 6) is 0.897. The summed E-state index contributed by atoms with van der Waals surface area (Å²) in [5.41, 5.74) is 9.40. The lowest BCUT2D eigenvalue weighted by Gasteiger charge is -2.33. The molecule has 0 saturated heterocycles. The van der Waals surface area contributed by atoms with Gasteiger partial charge >= 0.3 is 0 Å². The van der Waals surface area contributed by atoms with Crippen molar-refractivity contribution in [2.75, 3.05) is 5.73 Å². The third-order valence-corrected chi connectivity index (χ3v) is 6.22. The van der Waals surface area contributed by atoms with Crippen molar-refractivity contribution in [2.24, 2.45) is 5.41 Å². The highest BCUT2D eigenvalue weighted by Crippen LogP contribution is 2.36. The van der Waals surface area contributed by atoms with Gasteiger partial charge in [-0.25, -0.2) is 4.98 Å². The first-order chi connectivity index (χ1) is 14.5. The van der Waals surface area contributed by atoms with Crippen LogP contribution >= 0.6 is 0 Å². The lowest BCUT2D eigenvalue weighted by atomic mass is 9.75. The summed E-state index contributed by atoms with van der Waals surface area (Å²) in [6.45, 7) is 2.10. The average molecular weight is 403 g/mol. The van der Waals surface area contributed by atoms with Crippen molar-refractivity contribution in [2.45, 2.75) is 51.5 Å². The SMILES string of the molecule is CC1(C(=O)NC(Cc2ccccc2)c2ncc(-c3cccc(N)c3)[nH]2)CCCCC1. The van der Waals surface area contributed by atoms with Gasteiger partial charge in [-0.3, -0.25) is 4.79 Å². The Hall–Kier alpha value is -3.08. The molecule has 4 N–H and O–H groups in total. The number of rotatable bonds is 6. The minimum atomic E-state index is -0.295. The number of anilines is 1. The lowest BCUT2D eigenvalue weighted by Crippen LogP contribution is -2.42. The highest BCUT2D eigenvalue weighted by Gasteiger charge is 2.36. The van der Waals surface area contributed by atoms with Gasteiger partial charge in [0.2, 0.25) is 5.91 Å². The van der Waals surface area contributed by atoms with E-state index in [1.54, 1.807) is 0 Å². The van der Waals surface area contributed by atoms with Crippen LogP contribution in [-0.4, -0.2) is 15.9 Å². The molecule has 2 aromatic carbocycles. The van der Waals surface area contributed by atoms with Gasteiger partial charge in [-0.1, -0.05) is 68.7 Å². The first kappa shape index (κ1) is 20.2. The van der Waals surface area contributed by atoms with E-state index in [1.807, 2.05) is 48.7 Å². The number of nitrogens with two attached hydrogens (primary N) is 1. The molecule has 156 valence electrons. The second kappa shape index (κ2) is 8.74. The van der Waals surface area contributed by atoms with Gasteiger partial charge in [-0.2, -0.15) is 0 Å². The minimum Gasteiger partial charge on any atom is -0.399 e. The molecule has 1 unspecified atom stereocenters. The molecule has 0 radical (unpaired) electrons. The fourth-order valence-corrected chi connectivity index (χ4v) is 4.32. The number of aromatic amines is 1. The van der Waals surface area contributed by atoms with Crippen molar-refractivity contribution < 1.29 is 4.79 Å². The second-order valence-corrected chi connectivity index (χ2v) is 8.64. The number of benzene rings is 2. The van der Waals surface area contributed by atoms with Crippen LogP contribution in [0.2, 0.25) is 0 Å². The van der Waals surface area contributed by atoms with Crippen LogP contribution in [0.4, 0.5) is 5.69 Å². The Morgan fingerprint density at radius 3 is 2.63 bits per heavy atom. The largest absolute Gasteiger partial charge is 0.399 e. The van der Waals surface area contributed by atoms with Crippen molar-refractivity contribution in [3.8, 4) is 11.3 Å². The number of nitrogens with zero attached hydrogens (tertiary/aromatic N) is 1. The van der Waals surface area contributed by atoms with E-state index in [2.05, 4.69) is 34.3 Å². The molecular weight excluding hydrogens is 372 g/mol. The fourth-order valence-electron chi connectivity index (χ4n) is 4.32. The highest BCUT2D eigenvalue weighted by molar-refractivity contribution is 5.82. The minimum absolute atomic E-state index is 0.130. The number of nitrogens with one attached hydrogen (secondary N) is 2. The van der Waals surface area contributed by atoms with E-state index in [-0.39, 0.29) is 17.4 Å². The zero-order chi connectivity index (χ0) is 21.0. The molecule has 1 aromatic heterocycles. The van der Waals surface area contributed by atoms with Crippen LogP contribution in [0, 0.1) is 5.41 Å². The number of amides is 1. The molecule has 0 aliphatic heterocycles. The Morgan fingerprint density at radius 2 is 1.90 bits per heavy atom. The van der Waals surface area contributed by atoms with E-state index in [4.69, 9.17) is 5.73 Å². The van der Waals surface area contributed by atoms with Gasteiger partial charge in [-0.05, 0) is 37.0 Å². The summed E-state index contributed by atoms with van der Waals surface area (Å²) in [4.78, 5) is 21.3. The van der Waals surface area contributed by atoms with Crippen LogP contribution in [0.5, 0.6) is 0 Å². The quantitative estimate of drug-likeness (QED) is 0.506. The topological polar surface area (TPSA) is 83.8 Å². The molecule has 1 atom stereocenters. The Balaban J connectivity index is 1.59. The van der Waals surface area contributed by atoms with Crippen molar-refractivity contribution >= 4 is 11.6 Å². The maximum absolute atomic E-state index is 13.2. The molecule has 1 amide bonds. The number of imidazole rings is 1. The number of hydrogen-bond acceptors (Lipinski definition) is 3. The zero-order valence-corrected chi connectivity index (χ0v) is 17.5. The molecule has 1 aliphatic carbocycles. The number of hydrogen-bond donors (Lipinski definition) is 3. The molecule has 1 fully saturated rings. The predicted octanol–water partition coefficient (Wildman–Crippen LogP) is 5.03. The summed E-state index contributed by atoms with van der Waals surface area (Å²) >= 11 is 0. The number of aromatic nitrogens is 2. The Bertz CT molecular complexity index is 989. The van der Waals surface area contributed by atoms with Gasteiger partial charge in [0, 0.05) is 16.7 Å². The number of H-pyrrole nitrogens is 1. The predicted molar refractivity (Wildman–Crippen MR) is 121 cm³/mol. The molecule has 5 nitrogen and oxygen atoms in total. The van der Waals surface area contributed by atoms with E-state index < -0.39 is 0 Å². The number of carbonyl (C=O) groups excluding carboxylic acids is 1. The molecule has 1 saturated carbocycles. The van der Waals surface area contributed by atoms with Crippen molar-refractivity contribution in [3.63, 3.8) is 0 Å². The third kappa shape index (κ3) is 4.56. The molecular formula is C25H30N4O. The number of nitrogen functional groups attached to an aromatic ring is 1. The van der Waals surface area contributed by atoms with Crippen LogP contribution in [0.3, 0.4) is 0 Å². The van der Waals surface area contributed by atoms with Crippen LogP contribution in [0.25, 0.3) is 11.3 Å². The summed E-state index contributed by atoms with van der Waals surface area (Å²) in [6.07, 6.45) is 7.86. The average Bonchev–Trinajstić information content (AvgIpc) is 3.25. The van der Waals surface area contributed by atoms with Crippen molar-refractivity contribution in [1.29, 1.82) is 0 Å². The van der Waals surface area contributed by atoms with Crippen molar-refractivity contribution in [3.05, 3.63) is 72.2 Å². The summed E-state index contributed by atoms with van der Waals surface area (Å²) in [5, 5.41) is 3.31. The van der Waals surface area contributed by atoms with E-state index in [1.165, 1.54) is 12.0 Å². The molecule has 4 rings (SSSR count). The molecule has 3 aromatic rings. The molecule has 5 heteroatoms. The van der Waals surface area contributed by atoms with Crippen LogP contribution in [-0.2, 0) is 11.2 Å². The van der Waals surface area contributed by atoms with E-state index in [9.17, 15) is 4.79 Å². The van der Waals surface area contributed by atoms with Gasteiger partial charge < -0.3 is 16.0 Å². The Kier molecular flexibility index (Phi) is 5.88. The summed E-state index contributed by atoms with van der Waals surface area (Å²) < 4.78 is 0. The molecule has 0 bridgehead atoms. The maximum atomic E-state index is 13.2. The molecule has 1 heterocycles. The van der Waals surface area contributed by atoms with E-state index in [0.717, 1.165) is 42.8 Å². The maximum Gasteiger partial charge on any atom is 0.226 e. The van der Waals surface area contributed by atoms with Gasteiger partial charge in [0.1, 0.15) is 5.82 Å². The zero-order valence-electron chi connectivity index (χ0n) is 17.5. The standard InChI is InChI=1S/C25H30N4O/c1-25(13-6-3-7-14-25)24(30)29-21(15-18-9-4-2-5-10-18)23-27-17-22(28-23)19-11-8-12-20(26)16-19/h2,4-5,8-12,16-17,21H,3,6-7,13-15,26H2,1H3,(H,27,28)(H,29,30). The van der Waals surface area contributed by atoms with Crippen LogP contribution < -0.4 is 11.1 Å². The summed E-state index contributed by atoms with van der Waals surface area (Å²) in [7, 11) is 0. The first-order valence-electron chi connectivity index (χ1n) is 10.8. The molecule has 0 spiro atoms. The first-order valence-corrected chi connectivity index (χ1v) is 10.8. The Morgan fingerprint density at radius 1 is 1.13 bits per heavy atom. The fraction of sp³-hybridized carbons (Fsp3) is 0.360. The van der Waals surface area contributed by atoms with Crippen molar-refractivity contribution in [1.82, 2.24) is 15.3 Å². The van der Waals surface area contributed by atoms with Gasteiger partial charge in [0.05, 0.1) is 17.9 Å². The monoisotopic (exact) mass is 402 g/mol.